The molecule has 0 fully saturated rings. The van der Waals surface area contributed by atoms with Crippen LogP contribution in [0.3, 0.4) is 0 Å². The summed E-state index contributed by atoms with van der Waals surface area (Å²) < 4.78 is 24.3. The Hall–Kier alpha value is -2.60. The fourth-order valence-electron chi connectivity index (χ4n) is 2.34. The lowest BCUT2D eigenvalue weighted by molar-refractivity contribution is -0.155. The van der Waals surface area contributed by atoms with Crippen molar-refractivity contribution in [2.24, 2.45) is 0 Å². The van der Waals surface area contributed by atoms with Crippen LogP contribution in [0.15, 0.2) is 42.5 Å². The molecule has 0 saturated carbocycles. The third-order valence-corrected chi connectivity index (χ3v) is 3.99. The Bertz CT molecular complexity index is 825. The highest BCUT2D eigenvalue weighted by Crippen LogP contribution is 2.25. The minimum Gasteiger partial charge on any atom is -0.482 e. The summed E-state index contributed by atoms with van der Waals surface area (Å²) in [5.41, 5.74) is 0.920. The molecule has 0 bridgehead atoms. The zero-order chi connectivity index (χ0) is 20.0. The molecule has 0 spiro atoms. The lowest BCUT2D eigenvalue weighted by atomic mass is 10.0. The number of benzene rings is 2. The number of halogens is 2. The summed E-state index contributed by atoms with van der Waals surface area (Å²) in [5.74, 6) is -1.22. The van der Waals surface area contributed by atoms with Crippen molar-refractivity contribution >= 4 is 29.2 Å². The number of hydrogen-bond donors (Lipinski definition) is 1. The van der Waals surface area contributed by atoms with E-state index in [9.17, 15) is 14.0 Å². The molecule has 0 aliphatic carbocycles. The van der Waals surface area contributed by atoms with E-state index >= 15 is 0 Å². The summed E-state index contributed by atoms with van der Waals surface area (Å²) in [5, 5.41) is 2.56. The number of amides is 1. The number of carbonyl (C=O) groups is 2. The normalized spacial score (nSPS) is 11.8. The molecule has 5 nitrogen and oxygen atoms in total. The van der Waals surface area contributed by atoms with Gasteiger partial charge >= 0.3 is 5.97 Å². The second-order valence-corrected chi connectivity index (χ2v) is 6.66. The van der Waals surface area contributed by atoms with Crippen LogP contribution in [0.25, 0.3) is 0 Å². The van der Waals surface area contributed by atoms with Gasteiger partial charge in [0.25, 0.3) is 5.91 Å². The number of nitrogens with one attached hydrogen (secondary N) is 1. The van der Waals surface area contributed by atoms with Crippen LogP contribution in [-0.4, -0.2) is 24.6 Å². The number of rotatable bonds is 7. The molecule has 0 aliphatic heterocycles. The van der Waals surface area contributed by atoms with Gasteiger partial charge < -0.3 is 14.8 Å². The highest BCUT2D eigenvalue weighted by atomic mass is 35.5. The maximum absolute atomic E-state index is 13.7. The van der Waals surface area contributed by atoms with E-state index in [2.05, 4.69) is 5.32 Å². The molecule has 0 heterocycles. The van der Waals surface area contributed by atoms with Gasteiger partial charge in [-0.05, 0) is 42.7 Å². The Morgan fingerprint density at radius 2 is 1.85 bits per heavy atom. The van der Waals surface area contributed by atoms with Crippen LogP contribution in [0.1, 0.15) is 32.3 Å². The highest BCUT2D eigenvalue weighted by Gasteiger charge is 2.20. The van der Waals surface area contributed by atoms with Crippen molar-refractivity contribution in [3.63, 3.8) is 0 Å². The van der Waals surface area contributed by atoms with Crippen LogP contribution in [0, 0.1) is 5.82 Å². The van der Waals surface area contributed by atoms with Gasteiger partial charge in [0.1, 0.15) is 11.6 Å². The van der Waals surface area contributed by atoms with Gasteiger partial charge in [0.2, 0.25) is 0 Å². The topological polar surface area (TPSA) is 64.6 Å². The molecule has 2 aromatic carbocycles. The zero-order valence-corrected chi connectivity index (χ0v) is 16.0. The van der Waals surface area contributed by atoms with E-state index in [1.165, 1.54) is 19.1 Å². The van der Waals surface area contributed by atoms with Gasteiger partial charge in [0, 0.05) is 5.02 Å². The quantitative estimate of drug-likeness (QED) is 0.701. The third-order valence-electron chi connectivity index (χ3n) is 3.75. The van der Waals surface area contributed by atoms with E-state index in [4.69, 9.17) is 21.1 Å². The molecule has 0 aliphatic rings. The van der Waals surface area contributed by atoms with Crippen LogP contribution in [0.2, 0.25) is 5.02 Å². The van der Waals surface area contributed by atoms with Crippen molar-refractivity contribution in [2.75, 3.05) is 11.9 Å². The van der Waals surface area contributed by atoms with Crippen LogP contribution in [0.5, 0.6) is 5.75 Å². The Balaban J connectivity index is 1.89. The smallest absolute Gasteiger partial charge is 0.344 e. The SMILES string of the molecule is CC(C)c1ccccc1OCC(=O)O[C@@H](C)C(=O)Nc1ccc(Cl)cc1F. The van der Waals surface area contributed by atoms with Crippen molar-refractivity contribution < 1.29 is 23.5 Å². The fourth-order valence-corrected chi connectivity index (χ4v) is 2.49. The number of para-hydroxylation sites is 1. The standard InChI is InChI=1S/C20H21ClFNO4/c1-12(2)15-6-4-5-7-18(15)26-11-19(24)27-13(3)20(25)23-17-9-8-14(21)10-16(17)22/h4-10,12-13H,11H2,1-3H3,(H,23,25)/t13-/m0/s1. The van der Waals surface area contributed by atoms with Crippen LogP contribution >= 0.6 is 11.6 Å². The van der Waals surface area contributed by atoms with Crippen LogP contribution in [0.4, 0.5) is 10.1 Å². The summed E-state index contributed by atoms with van der Waals surface area (Å²) >= 11 is 5.66. The van der Waals surface area contributed by atoms with E-state index in [-0.39, 0.29) is 23.2 Å². The summed E-state index contributed by atoms with van der Waals surface area (Å²) in [6.07, 6.45) is -1.11. The van der Waals surface area contributed by atoms with Crippen LogP contribution in [-0.2, 0) is 14.3 Å². The fraction of sp³-hybridized carbons (Fsp3) is 0.300. The third kappa shape index (κ3) is 5.96. The van der Waals surface area contributed by atoms with Crippen molar-refractivity contribution in [3.8, 4) is 5.75 Å². The second-order valence-electron chi connectivity index (χ2n) is 6.23. The van der Waals surface area contributed by atoms with E-state index in [0.717, 1.165) is 11.6 Å². The monoisotopic (exact) mass is 393 g/mol. The van der Waals surface area contributed by atoms with E-state index in [1.807, 2.05) is 32.0 Å². The number of ether oxygens (including phenoxy) is 2. The summed E-state index contributed by atoms with van der Waals surface area (Å²) in [6.45, 7) is 5.09. The molecule has 1 atom stereocenters. The predicted molar refractivity (Wildman–Crippen MR) is 102 cm³/mol. The molecule has 27 heavy (non-hydrogen) atoms. The van der Waals surface area contributed by atoms with Gasteiger partial charge in [-0.25, -0.2) is 9.18 Å². The molecule has 2 rings (SSSR count). The van der Waals surface area contributed by atoms with Gasteiger partial charge in [0.15, 0.2) is 12.7 Å². The maximum Gasteiger partial charge on any atom is 0.344 e. The van der Waals surface area contributed by atoms with Crippen LogP contribution < -0.4 is 10.1 Å². The summed E-state index contributed by atoms with van der Waals surface area (Å²) in [6, 6.07) is 11.2. The first-order valence-electron chi connectivity index (χ1n) is 8.45. The lowest BCUT2D eigenvalue weighted by Crippen LogP contribution is -2.32. The van der Waals surface area contributed by atoms with Crippen molar-refractivity contribution in [1.29, 1.82) is 0 Å². The Morgan fingerprint density at radius 3 is 2.52 bits per heavy atom. The first-order chi connectivity index (χ1) is 12.8. The average molecular weight is 394 g/mol. The van der Waals surface area contributed by atoms with Gasteiger partial charge in [-0.1, -0.05) is 43.6 Å². The molecule has 0 saturated heterocycles. The molecule has 144 valence electrons. The zero-order valence-electron chi connectivity index (χ0n) is 15.3. The molecule has 1 amide bonds. The molecule has 0 unspecified atom stereocenters. The molecule has 1 N–H and O–H groups in total. The Morgan fingerprint density at radius 1 is 1.15 bits per heavy atom. The molecule has 0 aromatic heterocycles. The minimum atomic E-state index is -1.11. The molecular formula is C20H21ClFNO4. The number of anilines is 1. The first kappa shape index (κ1) is 20.7. The Labute approximate surface area is 162 Å². The number of hydrogen-bond acceptors (Lipinski definition) is 4. The van der Waals surface area contributed by atoms with Crippen molar-refractivity contribution in [1.82, 2.24) is 0 Å². The first-order valence-corrected chi connectivity index (χ1v) is 8.83. The molecule has 2 aromatic rings. The molecular weight excluding hydrogens is 373 g/mol. The molecule has 7 heteroatoms. The predicted octanol–water partition coefficient (Wildman–Crippen LogP) is 4.55. The summed E-state index contributed by atoms with van der Waals surface area (Å²) in [4.78, 5) is 24.0. The lowest BCUT2D eigenvalue weighted by Gasteiger charge is -2.16. The van der Waals surface area contributed by atoms with E-state index < -0.39 is 23.8 Å². The van der Waals surface area contributed by atoms with Gasteiger partial charge in [-0.2, -0.15) is 0 Å². The Kier molecular flexibility index (Phi) is 7.19. The summed E-state index contributed by atoms with van der Waals surface area (Å²) in [7, 11) is 0. The highest BCUT2D eigenvalue weighted by molar-refractivity contribution is 6.30. The van der Waals surface area contributed by atoms with Gasteiger partial charge in [-0.3, -0.25) is 4.79 Å². The van der Waals surface area contributed by atoms with Crippen molar-refractivity contribution in [2.45, 2.75) is 32.8 Å². The largest absolute Gasteiger partial charge is 0.482 e. The number of carbonyl (C=O) groups excluding carboxylic acids is 2. The average Bonchev–Trinajstić information content (AvgIpc) is 2.62. The van der Waals surface area contributed by atoms with E-state index in [1.54, 1.807) is 6.07 Å². The maximum atomic E-state index is 13.7. The molecule has 0 radical (unpaired) electrons. The van der Waals surface area contributed by atoms with Gasteiger partial charge in [0.05, 0.1) is 5.69 Å². The minimum absolute atomic E-state index is 0.0468. The van der Waals surface area contributed by atoms with E-state index in [0.29, 0.717) is 5.75 Å². The second kappa shape index (κ2) is 9.37. The van der Waals surface area contributed by atoms with Gasteiger partial charge in [-0.15, -0.1) is 0 Å². The van der Waals surface area contributed by atoms with Crippen molar-refractivity contribution in [3.05, 3.63) is 58.9 Å². The number of esters is 1.